The van der Waals surface area contributed by atoms with E-state index < -0.39 is 15.7 Å². The van der Waals surface area contributed by atoms with Crippen LogP contribution in [0, 0.1) is 5.82 Å². The summed E-state index contributed by atoms with van der Waals surface area (Å²) in [5.74, 6) is 0.478. The minimum Gasteiger partial charge on any atom is -0.486 e. The van der Waals surface area contributed by atoms with Crippen molar-refractivity contribution in [2.45, 2.75) is 25.2 Å². The summed E-state index contributed by atoms with van der Waals surface area (Å²) in [5, 5.41) is 6.17. The third-order valence-electron chi connectivity index (χ3n) is 4.10. The smallest absolute Gasteiger partial charge is 0.191 e. The number of halogens is 1. The minimum atomic E-state index is -3.16. The van der Waals surface area contributed by atoms with Crippen molar-refractivity contribution in [3.05, 3.63) is 66.0 Å². The molecule has 6 nitrogen and oxygen atoms in total. The van der Waals surface area contributed by atoms with Crippen LogP contribution >= 0.6 is 0 Å². The van der Waals surface area contributed by atoms with E-state index in [1.165, 1.54) is 6.07 Å². The quantitative estimate of drug-likeness (QED) is 0.350. The van der Waals surface area contributed by atoms with Gasteiger partial charge in [-0.2, -0.15) is 0 Å². The molecule has 0 heterocycles. The summed E-state index contributed by atoms with van der Waals surface area (Å²) in [6, 6.07) is 15.4. The number of hydrogen-bond acceptors (Lipinski definition) is 4. The number of para-hydroxylation sites is 1. The summed E-state index contributed by atoms with van der Waals surface area (Å²) < 4.78 is 43.6. The molecule has 158 valence electrons. The molecule has 1 unspecified atom stereocenters. The monoisotopic (exact) mass is 421 g/mol. The summed E-state index contributed by atoms with van der Waals surface area (Å²) in [6.07, 6.45) is 0.189. The third-order valence-corrected chi connectivity index (χ3v) is 5.78. The van der Waals surface area contributed by atoms with Crippen molar-refractivity contribution in [3.8, 4) is 5.75 Å². The van der Waals surface area contributed by atoms with Crippen molar-refractivity contribution in [3.63, 3.8) is 0 Å². The molecule has 0 aromatic heterocycles. The van der Waals surface area contributed by atoms with Gasteiger partial charge in [0.2, 0.25) is 0 Å². The number of nitrogens with one attached hydrogen (secondary N) is 2. The zero-order chi connectivity index (χ0) is 21.1. The summed E-state index contributed by atoms with van der Waals surface area (Å²) in [4.78, 5) is 4.10. The highest BCUT2D eigenvalue weighted by Crippen LogP contribution is 2.16. The van der Waals surface area contributed by atoms with Crippen molar-refractivity contribution in [1.29, 1.82) is 0 Å². The van der Waals surface area contributed by atoms with Gasteiger partial charge in [-0.25, -0.2) is 12.8 Å². The van der Waals surface area contributed by atoms with Crippen molar-refractivity contribution in [1.82, 2.24) is 10.6 Å². The van der Waals surface area contributed by atoms with Crippen molar-refractivity contribution in [2.24, 2.45) is 4.99 Å². The minimum absolute atomic E-state index is 0.0473. The second-order valence-electron chi connectivity index (χ2n) is 6.67. The average molecular weight is 422 g/mol. The first-order valence-corrected chi connectivity index (χ1v) is 11.3. The molecule has 0 bridgehead atoms. The van der Waals surface area contributed by atoms with Gasteiger partial charge in [-0.15, -0.1) is 0 Å². The number of ether oxygens (including phenoxy) is 1. The Morgan fingerprint density at radius 3 is 2.48 bits per heavy atom. The first kappa shape index (κ1) is 22.7. The van der Waals surface area contributed by atoms with E-state index in [4.69, 9.17) is 4.74 Å². The SMILES string of the molecule is CN=C(NCCCS(=O)(=O)Cc1ccccc1)NCC(C)Oc1ccccc1F. The maximum Gasteiger partial charge on any atom is 0.191 e. The van der Waals surface area contributed by atoms with E-state index in [9.17, 15) is 12.8 Å². The Hall–Kier alpha value is -2.61. The Morgan fingerprint density at radius 1 is 1.10 bits per heavy atom. The van der Waals surface area contributed by atoms with Crippen LogP contribution in [-0.2, 0) is 15.6 Å². The number of guanidine groups is 1. The number of nitrogens with zero attached hydrogens (tertiary/aromatic N) is 1. The Morgan fingerprint density at radius 2 is 1.79 bits per heavy atom. The largest absolute Gasteiger partial charge is 0.486 e. The molecule has 2 rings (SSSR count). The predicted octanol–water partition coefficient (Wildman–Crippen LogP) is 2.76. The van der Waals surface area contributed by atoms with E-state index in [0.717, 1.165) is 5.56 Å². The number of sulfone groups is 1. The van der Waals surface area contributed by atoms with Gasteiger partial charge in [-0.3, -0.25) is 4.99 Å². The fourth-order valence-corrected chi connectivity index (χ4v) is 4.09. The summed E-state index contributed by atoms with van der Waals surface area (Å²) >= 11 is 0. The molecule has 0 radical (unpaired) electrons. The molecule has 0 saturated heterocycles. The molecule has 0 spiro atoms. The Labute approximate surface area is 172 Å². The molecule has 0 amide bonds. The van der Waals surface area contributed by atoms with Crippen LogP contribution in [0.15, 0.2) is 59.6 Å². The van der Waals surface area contributed by atoms with Gasteiger partial charge in [0.15, 0.2) is 27.4 Å². The van der Waals surface area contributed by atoms with E-state index in [-0.39, 0.29) is 23.4 Å². The molecule has 0 fully saturated rings. The number of benzene rings is 2. The van der Waals surface area contributed by atoms with Crippen LogP contribution in [0.25, 0.3) is 0 Å². The Balaban J connectivity index is 1.69. The molecule has 29 heavy (non-hydrogen) atoms. The fraction of sp³-hybridized carbons (Fsp3) is 0.381. The maximum atomic E-state index is 13.6. The lowest BCUT2D eigenvalue weighted by Crippen LogP contribution is -2.42. The number of rotatable bonds is 10. The van der Waals surface area contributed by atoms with E-state index in [0.29, 0.717) is 25.5 Å². The van der Waals surface area contributed by atoms with Crippen molar-refractivity contribution >= 4 is 15.8 Å². The lowest BCUT2D eigenvalue weighted by molar-refractivity contribution is 0.214. The summed E-state index contributed by atoms with van der Waals surface area (Å²) in [7, 11) is -1.53. The highest BCUT2D eigenvalue weighted by molar-refractivity contribution is 7.90. The van der Waals surface area contributed by atoms with E-state index in [1.807, 2.05) is 37.3 Å². The number of aliphatic imine (C=N–C) groups is 1. The maximum absolute atomic E-state index is 13.6. The van der Waals surface area contributed by atoms with Gasteiger partial charge in [0.1, 0.15) is 6.10 Å². The van der Waals surface area contributed by atoms with Gasteiger partial charge < -0.3 is 15.4 Å². The standard InChI is InChI=1S/C21H28FN3O3S/c1-17(28-20-12-7-6-11-19(20)22)15-25-21(23-2)24-13-8-14-29(26,27)16-18-9-4-3-5-10-18/h3-7,9-12,17H,8,13-16H2,1-2H3,(H2,23,24,25). The molecule has 8 heteroatoms. The molecule has 1 atom stereocenters. The third kappa shape index (κ3) is 8.51. The van der Waals surface area contributed by atoms with Gasteiger partial charge >= 0.3 is 0 Å². The summed E-state index contributed by atoms with van der Waals surface area (Å²) in [6.45, 7) is 2.71. The normalized spacial score (nSPS) is 13.0. The molecular formula is C21H28FN3O3S. The van der Waals surface area contributed by atoms with Crippen LogP contribution in [0.1, 0.15) is 18.9 Å². The molecule has 0 aliphatic rings. The van der Waals surface area contributed by atoms with Crippen LogP contribution in [-0.4, -0.2) is 46.4 Å². The average Bonchev–Trinajstić information content (AvgIpc) is 2.69. The molecule has 2 aromatic carbocycles. The molecule has 0 aliphatic heterocycles. The Bertz CT molecular complexity index is 889. The molecule has 0 aliphatic carbocycles. The van der Waals surface area contributed by atoms with Crippen LogP contribution in [0.5, 0.6) is 5.75 Å². The molecule has 2 aromatic rings. The van der Waals surface area contributed by atoms with Crippen LogP contribution in [0.2, 0.25) is 0 Å². The molecular weight excluding hydrogens is 393 g/mol. The van der Waals surface area contributed by atoms with Crippen molar-refractivity contribution in [2.75, 3.05) is 25.9 Å². The second kappa shape index (κ2) is 11.4. The first-order chi connectivity index (χ1) is 13.9. The van der Waals surface area contributed by atoms with E-state index >= 15 is 0 Å². The topological polar surface area (TPSA) is 79.8 Å². The van der Waals surface area contributed by atoms with E-state index in [1.54, 1.807) is 25.2 Å². The van der Waals surface area contributed by atoms with Crippen LogP contribution < -0.4 is 15.4 Å². The highest BCUT2D eigenvalue weighted by atomic mass is 32.2. The Kier molecular flexibility index (Phi) is 8.92. The van der Waals surface area contributed by atoms with Gasteiger partial charge in [0.25, 0.3) is 0 Å². The van der Waals surface area contributed by atoms with Gasteiger partial charge in [-0.1, -0.05) is 42.5 Å². The predicted molar refractivity (Wildman–Crippen MR) is 114 cm³/mol. The lowest BCUT2D eigenvalue weighted by atomic mass is 10.2. The van der Waals surface area contributed by atoms with E-state index in [2.05, 4.69) is 15.6 Å². The lowest BCUT2D eigenvalue weighted by Gasteiger charge is -2.18. The first-order valence-electron chi connectivity index (χ1n) is 9.49. The van der Waals surface area contributed by atoms with Crippen LogP contribution in [0.4, 0.5) is 4.39 Å². The van der Waals surface area contributed by atoms with Crippen molar-refractivity contribution < 1.29 is 17.5 Å². The fourth-order valence-electron chi connectivity index (χ4n) is 2.66. The second-order valence-corrected chi connectivity index (χ2v) is 8.85. The van der Waals surface area contributed by atoms with Gasteiger partial charge in [0.05, 0.1) is 18.1 Å². The zero-order valence-corrected chi connectivity index (χ0v) is 17.6. The number of hydrogen-bond donors (Lipinski definition) is 2. The van der Waals surface area contributed by atoms with Gasteiger partial charge in [0, 0.05) is 13.6 Å². The summed E-state index contributed by atoms with van der Waals surface area (Å²) in [5.41, 5.74) is 0.793. The zero-order valence-electron chi connectivity index (χ0n) is 16.8. The van der Waals surface area contributed by atoms with Gasteiger partial charge in [-0.05, 0) is 31.0 Å². The molecule has 2 N–H and O–H groups in total. The molecule has 0 saturated carbocycles. The van der Waals surface area contributed by atoms with Crippen LogP contribution in [0.3, 0.4) is 0 Å². The highest BCUT2D eigenvalue weighted by Gasteiger charge is 2.12.